The Bertz CT molecular complexity index is 51.5. The number of hydrogen-bond donors (Lipinski definition) is 2. The van der Waals surface area contributed by atoms with Crippen molar-refractivity contribution in [2.24, 2.45) is 5.92 Å². The minimum absolute atomic E-state index is 0.148. The van der Waals surface area contributed by atoms with E-state index in [0.29, 0.717) is 0 Å². The molecule has 50 valence electrons. The van der Waals surface area contributed by atoms with Gasteiger partial charge >= 0.3 is 0 Å². The molecule has 2 atom stereocenters. The SMILES string of the molecule is CC(C)[C@@H](O)[C@@H](C)O. The monoisotopic (exact) mass is 118 g/mol. The van der Waals surface area contributed by atoms with Gasteiger partial charge in [0.25, 0.3) is 0 Å². The van der Waals surface area contributed by atoms with Gasteiger partial charge in [-0.1, -0.05) is 13.8 Å². The van der Waals surface area contributed by atoms with Crippen molar-refractivity contribution in [3.8, 4) is 0 Å². The van der Waals surface area contributed by atoms with E-state index in [-0.39, 0.29) is 5.92 Å². The summed E-state index contributed by atoms with van der Waals surface area (Å²) >= 11 is 0. The van der Waals surface area contributed by atoms with Gasteiger partial charge in [0.2, 0.25) is 0 Å². The quantitative estimate of drug-likeness (QED) is 0.550. The van der Waals surface area contributed by atoms with Gasteiger partial charge in [-0.25, -0.2) is 0 Å². The lowest BCUT2D eigenvalue weighted by molar-refractivity contribution is 0.00273. The van der Waals surface area contributed by atoms with Crippen LogP contribution >= 0.6 is 0 Å². The van der Waals surface area contributed by atoms with Crippen LogP contribution in [0.4, 0.5) is 0 Å². The maximum atomic E-state index is 8.95. The van der Waals surface area contributed by atoms with Gasteiger partial charge in [-0.05, 0) is 12.8 Å². The molecule has 0 saturated heterocycles. The molecule has 2 heteroatoms. The topological polar surface area (TPSA) is 40.5 Å². The molecule has 0 fully saturated rings. The van der Waals surface area contributed by atoms with Crippen LogP contribution in [0, 0.1) is 5.92 Å². The van der Waals surface area contributed by atoms with Gasteiger partial charge in [-0.3, -0.25) is 0 Å². The standard InChI is InChI=1S/C6H14O2/c1-4(2)6(8)5(3)7/h4-8H,1-3H3/t5-,6-/m1/s1. The minimum Gasteiger partial charge on any atom is -0.391 e. The van der Waals surface area contributed by atoms with Crippen molar-refractivity contribution in [2.45, 2.75) is 33.0 Å². The highest BCUT2D eigenvalue weighted by molar-refractivity contribution is 4.64. The highest BCUT2D eigenvalue weighted by Crippen LogP contribution is 2.04. The van der Waals surface area contributed by atoms with E-state index in [0.717, 1.165) is 0 Å². The van der Waals surface area contributed by atoms with Crippen molar-refractivity contribution in [3.63, 3.8) is 0 Å². The first kappa shape index (κ1) is 7.92. The van der Waals surface area contributed by atoms with Crippen LogP contribution in [0.1, 0.15) is 20.8 Å². The van der Waals surface area contributed by atoms with Gasteiger partial charge in [-0.15, -0.1) is 0 Å². The van der Waals surface area contributed by atoms with E-state index in [2.05, 4.69) is 0 Å². The van der Waals surface area contributed by atoms with Crippen molar-refractivity contribution in [3.05, 3.63) is 0 Å². The molecule has 0 aromatic heterocycles. The third kappa shape index (κ3) is 2.28. The van der Waals surface area contributed by atoms with Crippen LogP contribution in [-0.4, -0.2) is 22.4 Å². The third-order valence-corrected chi connectivity index (χ3v) is 1.18. The molecule has 0 aliphatic heterocycles. The van der Waals surface area contributed by atoms with Crippen LogP contribution < -0.4 is 0 Å². The van der Waals surface area contributed by atoms with Gasteiger partial charge in [0, 0.05) is 0 Å². The van der Waals surface area contributed by atoms with Crippen LogP contribution in [0.3, 0.4) is 0 Å². The van der Waals surface area contributed by atoms with Crippen LogP contribution in [0.25, 0.3) is 0 Å². The highest BCUT2D eigenvalue weighted by atomic mass is 16.3. The lowest BCUT2D eigenvalue weighted by atomic mass is 10.0. The minimum atomic E-state index is -0.602. The predicted octanol–water partition coefficient (Wildman–Crippen LogP) is 0.384. The summed E-state index contributed by atoms with van der Waals surface area (Å²) < 4.78 is 0. The van der Waals surface area contributed by atoms with Gasteiger partial charge in [0.1, 0.15) is 0 Å². The van der Waals surface area contributed by atoms with E-state index in [4.69, 9.17) is 10.2 Å². The zero-order valence-electron chi connectivity index (χ0n) is 5.63. The maximum absolute atomic E-state index is 8.95. The number of aliphatic hydroxyl groups excluding tert-OH is 2. The molecule has 0 rings (SSSR count). The van der Waals surface area contributed by atoms with Crippen LogP contribution in [0.15, 0.2) is 0 Å². The third-order valence-electron chi connectivity index (χ3n) is 1.18. The fraction of sp³-hybridized carbons (Fsp3) is 1.00. The first-order valence-corrected chi connectivity index (χ1v) is 2.92. The summed E-state index contributed by atoms with van der Waals surface area (Å²) in [6.45, 7) is 5.33. The largest absolute Gasteiger partial charge is 0.391 e. The molecule has 0 unspecified atom stereocenters. The van der Waals surface area contributed by atoms with Crippen molar-refractivity contribution < 1.29 is 10.2 Å². The Morgan fingerprint density at radius 2 is 1.38 bits per heavy atom. The molecule has 0 heterocycles. The van der Waals surface area contributed by atoms with Gasteiger partial charge < -0.3 is 10.2 Å². The maximum Gasteiger partial charge on any atom is 0.0819 e. The Labute approximate surface area is 50.2 Å². The predicted molar refractivity (Wildman–Crippen MR) is 32.5 cm³/mol. The molecule has 2 N–H and O–H groups in total. The highest BCUT2D eigenvalue weighted by Gasteiger charge is 2.13. The first-order chi connectivity index (χ1) is 3.55. The fourth-order valence-corrected chi connectivity index (χ4v) is 0.557. The Kier molecular flexibility index (Phi) is 3.02. The summed E-state index contributed by atoms with van der Waals surface area (Å²) in [7, 11) is 0. The summed E-state index contributed by atoms with van der Waals surface area (Å²) in [5.41, 5.74) is 0. The molecule has 0 aromatic carbocycles. The Morgan fingerprint density at radius 1 is 1.00 bits per heavy atom. The number of aliphatic hydroxyl groups is 2. The molecular weight excluding hydrogens is 104 g/mol. The van der Waals surface area contributed by atoms with E-state index in [1.54, 1.807) is 6.92 Å². The van der Waals surface area contributed by atoms with Gasteiger partial charge in [0.05, 0.1) is 12.2 Å². The van der Waals surface area contributed by atoms with Crippen molar-refractivity contribution in [2.75, 3.05) is 0 Å². The van der Waals surface area contributed by atoms with E-state index >= 15 is 0 Å². The van der Waals surface area contributed by atoms with E-state index < -0.39 is 12.2 Å². The lowest BCUT2D eigenvalue weighted by Crippen LogP contribution is -2.27. The zero-order valence-corrected chi connectivity index (χ0v) is 5.63. The van der Waals surface area contributed by atoms with Crippen LogP contribution in [0.2, 0.25) is 0 Å². The van der Waals surface area contributed by atoms with Crippen LogP contribution in [0.5, 0.6) is 0 Å². The molecule has 0 spiro atoms. The Balaban J connectivity index is 3.46. The lowest BCUT2D eigenvalue weighted by Gasteiger charge is -2.16. The van der Waals surface area contributed by atoms with E-state index in [1.165, 1.54) is 0 Å². The molecule has 0 radical (unpaired) electrons. The van der Waals surface area contributed by atoms with Gasteiger partial charge in [-0.2, -0.15) is 0 Å². The summed E-state index contributed by atoms with van der Waals surface area (Å²) in [6, 6.07) is 0. The molecule has 0 aromatic rings. The molecule has 0 saturated carbocycles. The number of rotatable bonds is 2. The summed E-state index contributed by atoms with van der Waals surface area (Å²) in [6.07, 6.45) is -1.18. The normalized spacial score (nSPS) is 18.8. The molecular formula is C6H14O2. The second kappa shape index (κ2) is 3.05. The summed E-state index contributed by atoms with van der Waals surface area (Å²) in [5, 5.41) is 17.7. The van der Waals surface area contributed by atoms with E-state index in [9.17, 15) is 0 Å². The number of hydrogen-bond acceptors (Lipinski definition) is 2. The summed E-state index contributed by atoms with van der Waals surface area (Å²) in [4.78, 5) is 0. The Morgan fingerprint density at radius 3 is 1.38 bits per heavy atom. The van der Waals surface area contributed by atoms with Crippen molar-refractivity contribution in [1.29, 1.82) is 0 Å². The average molecular weight is 118 g/mol. The molecule has 2 nitrogen and oxygen atoms in total. The zero-order chi connectivity index (χ0) is 6.73. The molecule has 0 aliphatic rings. The molecule has 0 bridgehead atoms. The second-order valence-electron chi connectivity index (χ2n) is 2.48. The van der Waals surface area contributed by atoms with Crippen molar-refractivity contribution in [1.82, 2.24) is 0 Å². The second-order valence-corrected chi connectivity index (χ2v) is 2.48. The molecule has 0 amide bonds. The molecule has 8 heavy (non-hydrogen) atoms. The fourth-order valence-electron chi connectivity index (χ4n) is 0.557. The summed E-state index contributed by atoms with van der Waals surface area (Å²) in [5.74, 6) is 0.148. The Hall–Kier alpha value is -0.0800. The van der Waals surface area contributed by atoms with Crippen LogP contribution in [-0.2, 0) is 0 Å². The average Bonchev–Trinajstić information content (AvgIpc) is 1.64. The molecule has 0 aliphatic carbocycles. The smallest absolute Gasteiger partial charge is 0.0819 e. The van der Waals surface area contributed by atoms with Gasteiger partial charge in [0.15, 0.2) is 0 Å². The first-order valence-electron chi connectivity index (χ1n) is 2.92. The van der Waals surface area contributed by atoms with Crippen molar-refractivity contribution >= 4 is 0 Å². The van der Waals surface area contributed by atoms with E-state index in [1.807, 2.05) is 13.8 Å².